The predicted octanol–water partition coefficient (Wildman–Crippen LogP) is 1.86. The van der Waals surface area contributed by atoms with Gasteiger partial charge in [-0.25, -0.2) is 8.42 Å². The molecule has 1 heterocycles. The van der Waals surface area contributed by atoms with E-state index in [1.165, 1.54) is 0 Å². The summed E-state index contributed by atoms with van der Waals surface area (Å²) < 4.78 is 27.9. The van der Waals surface area contributed by atoms with Crippen molar-refractivity contribution in [2.45, 2.75) is 32.2 Å². The predicted molar refractivity (Wildman–Crippen MR) is 82.8 cm³/mol. The SMILES string of the molecule is CNCc1n[nH]c(C)c1S(=O)(=O)Nc1cc(C)ccc1C. The summed E-state index contributed by atoms with van der Waals surface area (Å²) in [6.07, 6.45) is 0. The van der Waals surface area contributed by atoms with Crippen molar-refractivity contribution in [1.29, 1.82) is 0 Å². The van der Waals surface area contributed by atoms with E-state index in [1.54, 1.807) is 14.0 Å². The molecule has 1 aromatic heterocycles. The number of rotatable bonds is 5. The zero-order chi connectivity index (χ0) is 15.6. The van der Waals surface area contributed by atoms with Gasteiger partial charge in [-0.3, -0.25) is 9.82 Å². The highest BCUT2D eigenvalue weighted by Crippen LogP contribution is 2.24. The molecule has 114 valence electrons. The van der Waals surface area contributed by atoms with E-state index in [1.807, 2.05) is 32.0 Å². The molecule has 0 spiro atoms. The van der Waals surface area contributed by atoms with Crippen LogP contribution in [-0.4, -0.2) is 25.7 Å². The number of aromatic nitrogens is 2. The molecule has 0 amide bonds. The van der Waals surface area contributed by atoms with E-state index < -0.39 is 10.0 Å². The van der Waals surface area contributed by atoms with Crippen LogP contribution in [0.1, 0.15) is 22.5 Å². The van der Waals surface area contributed by atoms with Gasteiger partial charge in [-0.1, -0.05) is 12.1 Å². The van der Waals surface area contributed by atoms with Crippen molar-refractivity contribution in [1.82, 2.24) is 15.5 Å². The highest BCUT2D eigenvalue weighted by Gasteiger charge is 2.24. The maximum Gasteiger partial charge on any atom is 0.265 e. The Morgan fingerprint density at radius 3 is 2.62 bits per heavy atom. The Kier molecular flexibility index (Phi) is 4.34. The topological polar surface area (TPSA) is 86.9 Å². The minimum atomic E-state index is -3.68. The summed E-state index contributed by atoms with van der Waals surface area (Å²) in [5.74, 6) is 0. The van der Waals surface area contributed by atoms with Gasteiger partial charge >= 0.3 is 0 Å². The molecule has 0 fully saturated rings. The number of sulfonamides is 1. The maximum absolute atomic E-state index is 12.6. The van der Waals surface area contributed by atoms with Crippen LogP contribution in [0, 0.1) is 20.8 Å². The highest BCUT2D eigenvalue weighted by molar-refractivity contribution is 7.92. The standard InChI is InChI=1S/C14H20N4O2S/c1-9-5-6-10(2)12(7-9)18-21(19,20)14-11(3)16-17-13(14)8-15-4/h5-7,15,18H,8H2,1-4H3,(H,16,17). The van der Waals surface area contributed by atoms with Gasteiger partial charge in [0.05, 0.1) is 17.1 Å². The van der Waals surface area contributed by atoms with Crippen molar-refractivity contribution in [3.05, 3.63) is 40.7 Å². The first-order chi connectivity index (χ1) is 9.85. The second-order valence-corrected chi connectivity index (χ2v) is 6.70. The quantitative estimate of drug-likeness (QED) is 0.787. The number of hydrogen-bond donors (Lipinski definition) is 3. The Morgan fingerprint density at radius 2 is 1.95 bits per heavy atom. The van der Waals surface area contributed by atoms with E-state index in [-0.39, 0.29) is 4.90 Å². The molecule has 0 aliphatic carbocycles. The van der Waals surface area contributed by atoms with Crippen molar-refractivity contribution in [2.75, 3.05) is 11.8 Å². The van der Waals surface area contributed by atoms with Crippen LogP contribution < -0.4 is 10.0 Å². The normalized spacial score (nSPS) is 11.6. The fourth-order valence-electron chi connectivity index (χ4n) is 2.15. The first kappa shape index (κ1) is 15.5. The maximum atomic E-state index is 12.6. The van der Waals surface area contributed by atoms with Crippen LogP contribution in [0.25, 0.3) is 0 Å². The van der Waals surface area contributed by atoms with Crippen LogP contribution in [-0.2, 0) is 16.6 Å². The van der Waals surface area contributed by atoms with Crippen LogP contribution >= 0.6 is 0 Å². The third-order valence-corrected chi connectivity index (χ3v) is 4.78. The van der Waals surface area contributed by atoms with Gasteiger partial charge in [0.1, 0.15) is 4.90 Å². The lowest BCUT2D eigenvalue weighted by atomic mass is 10.1. The smallest absolute Gasteiger partial charge is 0.265 e. The van der Waals surface area contributed by atoms with Crippen molar-refractivity contribution >= 4 is 15.7 Å². The first-order valence-electron chi connectivity index (χ1n) is 6.63. The minimum absolute atomic E-state index is 0.206. The molecule has 0 bridgehead atoms. The lowest BCUT2D eigenvalue weighted by Crippen LogP contribution is -2.18. The van der Waals surface area contributed by atoms with Gasteiger partial charge in [-0.15, -0.1) is 0 Å². The Balaban J connectivity index is 2.43. The summed E-state index contributed by atoms with van der Waals surface area (Å²) in [5, 5.41) is 9.70. The summed E-state index contributed by atoms with van der Waals surface area (Å²) in [6, 6.07) is 5.66. The van der Waals surface area contributed by atoms with Gasteiger partial charge in [0.2, 0.25) is 0 Å². The molecule has 21 heavy (non-hydrogen) atoms. The van der Waals surface area contributed by atoms with Gasteiger partial charge in [0.25, 0.3) is 10.0 Å². The van der Waals surface area contributed by atoms with E-state index in [9.17, 15) is 8.42 Å². The van der Waals surface area contributed by atoms with E-state index in [0.717, 1.165) is 11.1 Å². The molecule has 0 saturated heterocycles. The molecule has 0 unspecified atom stereocenters. The fourth-order valence-corrected chi connectivity index (χ4v) is 3.64. The molecule has 2 aromatic rings. The largest absolute Gasteiger partial charge is 0.314 e. The van der Waals surface area contributed by atoms with Gasteiger partial charge in [0.15, 0.2) is 0 Å². The Morgan fingerprint density at radius 1 is 1.24 bits per heavy atom. The van der Waals surface area contributed by atoms with Crippen molar-refractivity contribution in [2.24, 2.45) is 0 Å². The van der Waals surface area contributed by atoms with Gasteiger partial charge < -0.3 is 5.32 Å². The minimum Gasteiger partial charge on any atom is -0.314 e. The Labute approximate surface area is 125 Å². The van der Waals surface area contributed by atoms with Gasteiger partial charge in [-0.05, 0) is 45.0 Å². The highest BCUT2D eigenvalue weighted by atomic mass is 32.2. The molecule has 0 aliphatic heterocycles. The zero-order valence-electron chi connectivity index (χ0n) is 12.6. The van der Waals surface area contributed by atoms with Crippen LogP contribution in [0.5, 0.6) is 0 Å². The molecule has 3 N–H and O–H groups in total. The number of nitrogens with one attached hydrogen (secondary N) is 3. The van der Waals surface area contributed by atoms with Crippen molar-refractivity contribution in [3.63, 3.8) is 0 Å². The van der Waals surface area contributed by atoms with Gasteiger partial charge in [0, 0.05) is 6.54 Å². The lowest BCUT2D eigenvalue weighted by molar-refractivity contribution is 0.598. The van der Waals surface area contributed by atoms with Crippen LogP contribution in [0.15, 0.2) is 23.1 Å². The molecule has 0 atom stereocenters. The average molecular weight is 308 g/mol. The first-order valence-corrected chi connectivity index (χ1v) is 8.12. The molecule has 0 aliphatic rings. The van der Waals surface area contributed by atoms with Crippen molar-refractivity contribution < 1.29 is 8.42 Å². The van der Waals surface area contributed by atoms with Crippen LogP contribution in [0.4, 0.5) is 5.69 Å². The molecular formula is C14H20N4O2S. The van der Waals surface area contributed by atoms with E-state index in [2.05, 4.69) is 20.2 Å². The summed E-state index contributed by atoms with van der Waals surface area (Å²) in [5.41, 5.74) is 3.47. The summed E-state index contributed by atoms with van der Waals surface area (Å²) in [7, 11) is -1.93. The fraction of sp³-hybridized carbons (Fsp3) is 0.357. The molecule has 0 saturated carbocycles. The number of benzene rings is 1. The Bertz CT molecular complexity index is 750. The van der Waals surface area contributed by atoms with E-state index >= 15 is 0 Å². The molecule has 1 aromatic carbocycles. The second-order valence-electron chi connectivity index (χ2n) is 5.08. The molecule has 0 radical (unpaired) electrons. The second kappa shape index (κ2) is 5.87. The number of aromatic amines is 1. The number of aryl methyl sites for hydroxylation is 3. The monoisotopic (exact) mass is 308 g/mol. The lowest BCUT2D eigenvalue weighted by Gasteiger charge is -2.12. The summed E-state index contributed by atoms with van der Waals surface area (Å²) in [6.45, 7) is 5.87. The number of nitrogens with zero attached hydrogens (tertiary/aromatic N) is 1. The molecule has 6 nitrogen and oxygen atoms in total. The number of anilines is 1. The van der Waals surface area contributed by atoms with E-state index in [4.69, 9.17) is 0 Å². The molecule has 7 heteroatoms. The number of H-pyrrole nitrogens is 1. The third-order valence-electron chi connectivity index (χ3n) is 3.21. The average Bonchev–Trinajstić information content (AvgIpc) is 2.76. The van der Waals surface area contributed by atoms with Crippen molar-refractivity contribution in [3.8, 4) is 0 Å². The summed E-state index contributed by atoms with van der Waals surface area (Å²) in [4.78, 5) is 0.206. The van der Waals surface area contributed by atoms with Gasteiger partial charge in [-0.2, -0.15) is 5.10 Å². The van der Waals surface area contributed by atoms with Crippen LogP contribution in [0.2, 0.25) is 0 Å². The third kappa shape index (κ3) is 3.25. The zero-order valence-corrected chi connectivity index (χ0v) is 13.4. The molecular weight excluding hydrogens is 288 g/mol. The van der Waals surface area contributed by atoms with E-state index in [0.29, 0.717) is 23.6 Å². The summed E-state index contributed by atoms with van der Waals surface area (Å²) >= 11 is 0. The number of hydrogen-bond acceptors (Lipinski definition) is 4. The van der Waals surface area contributed by atoms with Crippen LogP contribution in [0.3, 0.4) is 0 Å². The Hall–Kier alpha value is -1.86. The molecule has 2 rings (SSSR count).